The van der Waals surface area contributed by atoms with Crippen molar-refractivity contribution in [2.24, 2.45) is 5.92 Å². The molecule has 0 aliphatic carbocycles. The maximum atomic E-state index is 12.3. The van der Waals surface area contributed by atoms with Crippen LogP contribution in [0.5, 0.6) is 11.5 Å². The summed E-state index contributed by atoms with van der Waals surface area (Å²) < 4.78 is 47.0. The first kappa shape index (κ1) is 19.1. The van der Waals surface area contributed by atoms with Gasteiger partial charge in [-0.2, -0.15) is 13.2 Å². The lowest BCUT2D eigenvalue weighted by molar-refractivity contribution is -0.142. The van der Waals surface area contributed by atoms with Crippen LogP contribution in [0.3, 0.4) is 0 Å². The first-order valence-corrected chi connectivity index (χ1v) is 8.53. The fraction of sp³-hybridized carbons (Fsp3) is 0.444. The van der Waals surface area contributed by atoms with Crippen molar-refractivity contribution in [3.8, 4) is 11.5 Å². The van der Waals surface area contributed by atoms with Crippen LogP contribution in [0, 0.1) is 5.92 Å². The second-order valence-electron chi connectivity index (χ2n) is 6.38. The van der Waals surface area contributed by atoms with E-state index in [1.807, 2.05) is 5.32 Å². The molecule has 27 heavy (non-hydrogen) atoms. The molecule has 0 radical (unpaired) electrons. The number of hydrogen-bond donors (Lipinski definition) is 1. The molecular formula is C18H19F3N2O4. The number of carbonyl (C=O) groups excluding carboxylic acids is 2. The van der Waals surface area contributed by atoms with E-state index in [4.69, 9.17) is 9.47 Å². The maximum absolute atomic E-state index is 12.3. The number of carbonyl (C=O) groups is 2. The van der Waals surface area contributed by atoms with Gasteiger partial charge >= 0.3 is 6.18 Å². The van der Waals surface area contributed by atoms with Gasteiger partial charge in [-0.15, -0.1) is 0 Å². The third-order valence-electron chi connectivity index (χ3n) is 4.46. The molecule has 6 nitrogen and oxygen atoms in total. The first-order chi connectivity index (χ1) is 12.8. The topological polar surface area (TPSA) is 67.9 Å². The van der Waals surface area contributed by atoms with Crippen molar-refractivity contribution in [3.63, 3.8) is 0 Å². The maximum Gasteiger partial charge on any atom is 0.405 e. The Morgan fingerprint density at radius 1 is 1.19 bits per heavy atom. The minimum absolute atomic E-state index is 0.174. The van der Waals surface area contributed by atoms with Gasteiger partial charge in [0.15, 0.2) is 11.5 Å². The van der Waals surface area contributed by atoms with E-state index in [-0.39, 0.29) is 12.7 Å². The van der Waals surface area contributed by atoms with Gasteiger partial charge in [-0.3, -0.25) is 9.59 Å². The van der Waals surface area contributed by atoms with Crippen LogP contribution in [0.1, 0.15) is 18.4 Å². The average molecular weight is 384 g/mol. The number of benzene rings is 1. The van der Waals surface area contributed by atoms with Crippen molar-refractivity contribution in [1.29, 1.82) is 0 Å². The zero-order valence-corrected chi connectivity index (χ0v) is 14.4. The van der Waals surface area contributed by atoms with Gasteiger partial charge in [0.25, 0.3) is 0 Å². The van der Waals surface area contributed by atoms with E-state index in [0.29, 0.717) is 37.4 Å². The highest BCUT2D eigenvalue weighted by Gasteiger charge is 2.31. The Morgan fingerprint density at radius 2 is 1.89 bits per heavy atom. The van der Waals surface area contributed by atoms with Crippen LogP contribution in [0.15, 0.2) is 24.3 Å². The predicted octanol–water partition coefficient (Wildman–Crippen LogP) is 2.35. The lowest BCUT2D eigenvalue weighted by atomic mass is 9.96. The zero-order valence-electron chi connectivity index (χ0n) is 14.4. The zero-order chi connectivity index (χ0) is 19.4. The van der Waals surface area contributed by atoms with Crippen molar-refractivity contribution >= 4 is 17.9 Å². The molecule has 1 N–H and O–H groups in total. The highest BCUT2D eigenvalue weighted by Crippen LogP contribution is 2.32. The Labute approximate surface area is 153 Å². The summed E-state index contributed by atoms with van der Waals surface area (Å²) in [5.74, 6) is -0.0500. The molecule has 3 rings (SSSR count). The number of nitrogens with zero attached hydrogens (tertiary/aromatic N) is 1. The molecule has 1 fully saturated rings. The van der Waals surface area contributed by atoms with E-state index in [2.05, 4.69) is 0 Å². The van der Waals surface area contributed by atoms with Gasteiger partial charge in [0.1, 0.15) is 6.54 Å². The predicted molar refractivity (Wildman–Crippen MR) is 90.0 cm³/mol. The molecule has 1 aromatic carbocycles. The average Bonchev–Trinajstić information content (AvgIpc) is 3.11. The van der Waals surface area contributed by atoms with Gasteiger partial charge in [-0.25, -0.2) is 0 Å². The monoisotopic (exact) mass is 384 g/mol. The van der Waals surface area contributed by atoms with Crippen molar-refractivity contribution in [2.75, 3.05) is 26.4 Å². The van der Waals surface area contributed by atoms with Gasteiger partial charge in [-0.05, 0) is 36.6 Å². The van der Waals surface area contributed by atoms with Gasteiger partial charge < -0.3 is 19.7 Å². The number of piperidine rings is 1. The Kier molecular flexibility index (Phi) is 5.57. The van der Waals surface area contributed by atoms with E-state index in [9.17, 15) is 22.8 Å². The van der Waals surface area contributed by atoms with Gasteiger partial charge in [0.2, 0.25) is 18.6 Å². The molecule has 0 unspecified atom stereocenters. The van der Waals surface area contributed by atoms with Crippen LogP contribution in [0.25, 0.3) is 6.08 Å². The molecule has 2 heterocycles. The van der Waals surface area contributed by atoms with Crippen LogP contribution in [-0.2, 0) is 9.59 Å². The molecule has 146 valence electrons. The van der Waals surface area contributed by atoms with Crippen molar-refractivity contribution in [1.82, 2.24) is 10.2 Å². The van der Waals surface area contributed by atoms with Gasteiger partial charge in [0.05, 0.1) is 0 Å². The summed E-state index contributed by atoms with van der Waals surface area (Å²) in [6, 6.07) is 5.33. The summed E-state index contributed by atoms with van der Waals surface area (Å²) in [6.07, 6.45) is -0.652. The molecule has 2 aliphatic rings. The number of alkyl halides is 3. The van der Waals surface area contributed by atoms with E-state index in [1.54, 1.807) is 29.2 Å². The van der Waals surface area contributed by atoms with Gasteiger partial charge in [-0.1, -0.05) is 6.07 Å². The molecular weight excluding hydrogens is 365 g/mol. The molecule has 0 atom stereocenters. The molecule has 0 saturated carbocycles. The van der Waals surface area contributed by atoms with E-state index < -0.39 is 24.5 Å². The van der Waals surface area contributed by atoms with Crippen molar-refractivity contribution in [3.05, 3.63) is 29.8 Å². The quantitative estimate of drug-likeness (QED) is 0.810. The third kappa shape index (κ3) is 5.15. The van der Waals surface area contributed by atoms with Gasteiger partial charge in [0, 0.05) is 25.1 Å². The van der Waals surface area contributed by atoms with Crippen molar-refractivity contribution < 1.29 is 32.2 Å². The number of likely N-dealkylation sites (tertiary alicyclic amines) is 1. The van der Waals surface area contributed by atoms with E-state index in [0.717, 1.165) is 5.56 Å². The van der Waals surface area contributed by atoms with E-state index in [1.165, 1.54) is 6.08 Å². The Balaban J connectivity index is 1.47. The fourth-order valence-electron chi connectivity index (χ4n) is 2.98. The normalized spacial score (nSPS) is 17.4. The summed E-state index contributed by atoms with van der Waals surface area (Å²) in [6.45, 7) is -0.501. The lowest BCUT2D eigenvalue weighted by Gasteiger charge is -2.30. The second-order valence-corrected chi connectivity index (χ2v) is 6.38. The number of hydrogen-bond acceptors (Lipinski definition) is 4. The molecule has 2 amide bonds. The Bertz CT molecular complexity index is 741. The highest BCUT2D eigenvalue weighted by atomic mass is 19.4. The van der Waals surface area contributed by atoms with Crippen LogP contribution in [0.4, 0.5) is 13.2 Å². The first-order valence-electron chi connectivity index (χ1n) is 8.53. The highest BCUT2D eigenvalue weighted by molar-refractivity contribution is 5.92. The molecule has 0 spiro atoms. The number of rotatable bonds is 4. The number of nitrogens with one attached hydrogen (secondary N) is 1. The minimum atomic E-state index is -4.42. The lowest BCUT2D eigenvalue weighted by Crippen LogP contribution is -2.44. The SMILES string of the molecule is O=C(NCC(F)(F)F)C1CCN(C(=O)/C=C/c2ccc3c(c2)OCO3)CC1. The summed E-state index contributed by atoms with van der Waals surface area (Å²) in [5, 5.41) is 1.90. The summed E-state index contributed by atoms with van der Waals surface area (Å²) in [4.78, 5) is 25.6. The molecule has 0 aromatic heterocycles. The summed E-state index contributed by atoms with van der Waals surface area (Å²) in [5.41, 5.74) is 0.786. The number of amides is 2. The third-order valence-corrected chi connectivity index (χ3v) is 4.46. The second kappa shape index (κ2) is 7.89. The van der Waals surface area contributed by atoms with Crippen LogP contribution < -0.4 is 14.8 Å². The van der Waals surface area contributed by atoms with Crippen LogP contribution in [-0.4, -0.2) is 49.3 Å². The Hall–Kier alpha value is -2.71. The Morgan fingerprint density at radius 3 is 2.59 bits per heavy atom. The van der Waals surface area contributed by atoms with Crippen LogP contribution in [0.2, 0.25) is 0 Å². The van der Waals surface area contributed by atoms with Crippen LogP contribution >= 0.6 is 0 Å². The number of fused-ring (bicyclic) bond motifs is 1. The molecule has 1 aromatic rings. The molecule has 1 saturated heterocycles. The van der Waals surface area contributed by atoms with E-state index >= 15 is 0 Å². The smallest absolute Gasteiger partial charge is 0.405 e. The number of ether oxygens (including phenoxy) is 2. The molecule has 0 bridgehead atoms. The largest absolute Gasteiger partial charge is 0.454 e. The number of halogens is 3. The molecule has 2 aliphatic heterocycles. The molecule has 9 heteroatoms. The minimum Gasteiger partial charge on any atom is -0.454 e. The standard InChI is InChI=1S/C18H19F3N2O4/c19-18(20,21)10-22-17(25)13-5-7-23(8-6-13)16(24)4-2-12-1-3-14-15(9-12)27-11-26-14/h1-4,9,13H,5-8,10-11H2,(H,22,25)/b4-2+. The summed E-state index contributed by atoms with van der Waals surface area (Å²) >= 11 is 0. The fourth-order valence-corrected chi connectivity index (χ4v) is 2.98. The van der Waals surface area contributed by atoms with Crippen molar-refractivity contribution in [2.45, 2.75) is 19.0 Å². The summed E-state index contributed by atoms with van der Waals surface area (Å²) in [7, 11) is 0.